The quantitative estimate of drug-likeness (QED) is 0.667. The van der Waals surface area contributed by atoms with Crippen LogP contribution in [0.2, 0.25) is 0 Å². The van der Waals surface area contributed by atoms with E-state index in [1.807, 2.05) is 30.3 Å². The summed E-state index contributed by atoms with van der Waals surface area (Å²) in [6, 6.07) is 9.50. The molecule has 2 aromatic rings. The Balaban J connectivity index is 1.65. The van der Waals surface area contributed by atoms with E-state index in [0.29, 0.717) is 19.4 Å². The molecule has 1 aromatic carbocycles. The molecule has 1 heterocycles. The van der Waals surface area contributed by atoms with Crippen LogP contribution >= 0.6 is 11.8 Å². The van der Waals surface area contributed by atoms with Gasteiger partial charge < -0.3 is 19.2 Å². The van der Waals surface area contributed by atoms with E-state index in [-0.39, 0.29) is 5.91 Å². The Morgan fingerprint density at radius 1 is 1.21 bits per heavy atom. The van der Waals surface area contributed by atoms with Crippen LogP contribution in [0.3, 0.4) is 0 Å². The molecule has 1 amide bonds. The minimum atomic E-state index is 0.0513. The van der Waals surface area contributed by atoms with Gasteiger partial charge in [0.05, 0.1) is 26.2 Å². The predicted molar refractivity (Wildman–Crippen MR) is 95.7 cm³/mol. The lowest BCUT2D eigenvalue weighted by atomic mass is 10.1. The molecule has 130 valence electrons. The first-order valence-corrected chi connectivity index (χ1v) is 8.95. The number of hydrogen-bond donors (Lipinski definition) is 1. The summed E-state index contributed by atoms with van der Waals surface area (Å²) in [5.74, 6) is 4.16. The molecule has 6 heteroatoms. The Morgan fingerprint density at radius 2 is 1.96 bits per heavy atom. The third kappa shape index (κ3) is 6.20. The third-order valence-electron chi connectivity index (χ3n) is 3.44. The molecule has 0 spiro atoms. The molecule has 0 atom stereocenters. The second kappa shape index (κ2) is 9.93. The number of amides is 1. The van der Waals surface area contributed by atoms with Crippen molar-refractivity contribution >= 4 is 17.7 Å². The summed E-state index contributed by atoms with van der Waals surface area (Å²) in [5.41, 5.74) is 1.02. The van der Waals surface area contributed by atoms with Gasteiger partial charge in [0.15, 0.2) is 0 Å². The Morgan fingerprint density at radius 3 is 2.58 bits per heavy atom. The summed E-state index contributed by atoms with van der Waals surface area (Å²) in [6.07, 6.45) is 2.77. The zero-order chi connectivity index (χ0) is 17.2. The lowest BCUT2D eigenvalue weighted by Gasteiger charge is -2.09. The summed E-state index contributed by atoms with van der Waals surface area (Å²) in [6.45, 7) is 0.658. The van der Waals surface area contributed by atoms with Gasteiger partial charge in [0.1, 0.15) is 17.3 Å². The molecule has 24 heavy (non-hydrogen) atoms. The lowest BCUT2D eigenvalue weighted by Crippen LogP contribution is -2.25. The fourth-order valence-corrected chi connectivity index (χ4v) is 2.94. The van der Waals surface area contributed by atoms with Gasteiger partial charge >= 0.3 is 0 Å². The number of carbonyl (C=O) groups excluding carboxylic acids is 1. The third-order valence-corrected chi connectivity index (χ3v) is 4.43. The minimum Gasteiger partial charge on any atom is -0.497 e. The number of aryl methyl sites for hydroxylation is 1. The van der Waals surface area contributed by atoms with Gasteiger partial charge in [-0.3, -0.25) is 4.79 Å². The van der Waals surface area contributed by atoms with Crippen LogP contribution in [0.25, 0.3) is 0 Å². The largest absolute Gasteiger partial charge is 0.497 e. The molecule has 0 fully saturated rings. The fourth-order valence-electron chi connectivity index (χ4n) is 2.19. The molecule has 1 N–H and O–H groups in total. The summed E-state index contributed by atoms with van der Waals surface area (Å²) in [5, 5.41) is 2.94. The monoisotopic (exact) mass is 349 g/mol. The summed E-state index contributed by atoms with van der Waals surface area (Å²) < 4.78 is 15.7. The maximum atomic E-state index is 11.9. The van der Waals surface area contributed by atoms with Gasteiger partial charge in [0.2, 0.25) is 5.91 Å². The van der Waals surface area contributed by atoms with Gasteiger partial charge in [-0.1, -0.05) is 0 Å². The highest BCUT2D eigenvalue weighted by atomic mass is 32.2. The molecule has 0 aliphatic rings. The van der Waals surface area contributed by atoms with E-state index >= 15 is 0 Å². The van der Waals surface area contributed by atoms with E-state index in [2.05, 4.69) is 5.32 Å². The van der Waals surface area contributed by atoms with Crippen molar-refractivity contribution in [3.05, 3.63) is 47.9 Å². The molecule has 0 saturated carbocycles. The van der Waals surface area contributed by atoms with Crippen molar-refractivity contribution in [1.29, 1.82) is 0 Å². The predicted octanol–water partition coefficient (Wildman–Crippen LogP) is 3.28. The van der Waals surface area contributed by atoms with Crippen LogP contribution in [0.5, 0.6) is 11.5 Å². The molecule has 0 saturated heterocycles. The summed E-state index contributed by atoms with van der Waals surface area (Å²) in [7, 11) is 3.23. The lowest BCUT2D eigenvalue weighted by molar-refractivity contribution is -0.120. The van der Waals surface area contributed by atoms with E-state index < -0.39 is 0 Å². The van der Waals surface area contributed by atoms with Crippen LogP contribution in [-0.2, 0) is 17.0 Å². The molecule has 1 aromatic heterocycles. The van der Waals surface area contributed by atoms with Crippen molar-refractivity contribution in [2.45, 2.75) is 18.6 Å². The van der Waals surface area contributed by atoms with Crippen LogP contribution < -0.4 is 14.8 Å². The number of furan rings is 1. The van der Waals surface area contributed by atoms with Gasteiger partial charge in [0.25, 0.3) is 0 Å². The van der Waals surface area contributed by atoms with Crippen molar-refractivity contribution in [2.75, 3.05) is 26.5 Å². The molecule has 0 radical (unpaired) electrons. The molecule has 0 unspecified atom stereocenters. The molecular formula is C18H23NO4S. The number of thioether (sulfide) groups is 1. The molecule has 0 aliphatic carbocycles. The van der Waals surface area contributed by atoms with Gasteiger partial charge in [0, 0.05) is 24.8 Å². The maximum absolute atomic E-state index is 11.9. The van der Waals surface area contributed by atoms with Gasteiger partial charge in [-0.2, -0.15) is 11.8 Å². The molecule has 0 aliphatic heterocycles. The molecule has 2 rings (SSSR count). The van der Waals surface area contributed by atoms with Gasteiger partial charge in [-0.15, -0.1) is 0 Å². The van der Waals surface area contributed by atoms with Crippen LogP contribution in [0.15, 0.2) is 41.0 Å². The number of benzene rings is 1. The molecule has 0 bridgehead atoms. The van der Waals surface area contributed by atoms with Gasteiger partial charge in [-0.05, 0) is 36.2 Å². The van der Waals surface area contributed by atoms with Crippen LogP contribution in [0.4, 0.5) is 0 Å². The fraction of sp³-hybridized carbons (Fsp3) is 0.389. The van der Waals surface area contributed by atoms with Crippen LogP contribution in [0.1, 0.15) is 17.7 Å². The van der Waals surface area contributed by atoms with E-state index in [0.717, 1.165) is 34.3 Å². The van der Waals surface area contributed by atoms with Crippen LogP contribution in [-0.4, -0.2) is 32.4 Å². The highest BCUT2D eigenvalue weighted by Gasteiger charge is 2.06. The van der Waals surface area contributed by atoms with E-state index in [9.17, 15) is 4.79 Å². The number of ether oxygens (including phenoxy) is 2. The summed E-state index contributed by atoms with van der Waals surface area (Å²) in [4.78, 5) is 11.9. The first-order valence-electron chi connectivity index (χ1n) is 7.80. The number of carbonyl (C=O) groups is 1. The number of hydrogen-bond acceptors (Lipinski definition) is 5. The topological polar surface area (TPSA) is 60.7 Å². The zero-order valence-corrected chi connectivity index (χ0v) is 14.9. The van der Waals surface area contributed by atoms with E-state index in [4.69, 9.17) is 13.9 Å². The Kier molecular flexibility index (Phi) is 7.55. The van der Waals surface area contributed by atoms with Crippen molar-refractivity contribution in [1.82, 2.24) is 5.32 Å². The second-order valence-corrected chi connectivity index (χ2v) is 6.31. The summed E-state index contributed by atoms with van der Waals surface area (Å²) >= 11 is 1.74. The molecule has 5 nitrogen and oxygen atoms in total. The average Bonchev–Trinajstić information content (AvgIpc) is 3.12. The van der Waals surface area contributed by atoms with Crippen molar-refractivity contribution in [3.63, 3.8) is 0 Å². The number of rotatable bonds is 10. The van der Waals surface area contributed by atoms with Gasteiger partial charge in [-0.25, -0.2) is 0 Å². The number of methoxy groups -OCH3 is 2. The van der Waals surface area contributed by atoms with Crippen molar-refractivity contribution in [3.8, 4) is 11.5 Å². The second-order valence-electron chi connectivity index (χ2n) is 5.20. The number of nitrogens with one attached hydrogen (secondary N) is 1. The Labute approximate surface area is 146 Å². The first-order chi connectivity index (χ1) is 11.7. The highest BCUT2D eigenvalue weighted by molar-refractivity contribution is 7.98. The first kappa shape index (κ1) is 18.3. The van der Waals surface area contributed by atoms with E-state index in [1.54, 1.807) is 32.2 Å². The van der Waals surface area contributed by atoms with E-state index in [1.165, 1.54) is 0 Å². The normalized spacial score (nSPS) is 10.4. The maximum Gasteiger partial charge on any atom is 0.220 e. The minimum absolute atomic E-state index is 0.0513. The SMILES string of the molecule is COc1cc(CCC(=O)NCCSCc2ccco2)cc(OC)c1. The highest BCUT2D eigenvalue weighted by Crippen LogP contribution is 2.23. The van der Waals surface area contributed by atoms with Crippen LogP contribution in [0, 0.1) is 0 Å². The zero-order valence-electron chi connectivity index (χ0n) is 14.0. The molecular weight excluding hydrogens is 326 g/mol. The smallest absolute Gasteiger partial charge is 0.220 e. The Hall–Kier alpha value is -2.08. The van der Waals surface area contributed by atoms with Crippen molar-refractivity contribution in [2.24, 2.45) is 0 Å². The standard InChI is InChI=1S/C18H23NO4S/c1-21-16-10-14(11-17(12-16)22-2)5-6-18(20)19-7-9-24-13-15-4-3-8-23-15/h3-4,8,10-12H,5-7,9,13H2,1-2H3,(H,19,20). The van der Waals surface area contributed by atoms with Crippen molar-refractivity contribution < 1.29 is 18.7 Å². The Bertz CT molecular complexity index is 606. The average molecular weight is 349 g/mol.